The molecule has 130 valence electrons. The van der Waals surface area contributed by atoms with E-state index in [0.29, 0.717) is 12.8 Å². The number of aliphatic hydroxyl groups is 1. The second-order valence-electron chi connectivity index (χ2n) is 5.77. The molecule has 1 aliphatic carbocycles. The van der Waals surface area contributed by atoms with Gasteiger partial charge < -0.3 is 10.4 Å². The minimum atomic E-state index is -0.414. The lowest BCUT2D eigenvalue weighted by Gasteiger charge is -2.30. The fourth-order valence-electron chi connectivity index (χ4n) is 2.39. The highest BCUT2D eigenvalue weighted by atomic mass is 32.2. The molecule has 25 heavy (non-hydrogen) atoms. The molecule has 0 saturated heterocycles. The van der Waals surface area contributed by atoms with Crippen molar-refractivity contribution in [3.8, 4) is 0 Å². The number of hydrogen-bond acceptors (Lipinski definition) is 7. The van der Waals surface area contributed by atoms with Gasteiger partial charge in [-0.15, -0.1) is 5.10 Å². The standard InChI is InChI=1S/C16H18N6O2S/c17-14(25-15(18)10-4-2-1-3-5-10)8-19-16(24)13-9-22(21-20-13)11-6-12(23)7-11/h1-5,9,11-12,17-18,23H,6-8H2,(H,19,24). The third-order valence-corrected chi connectivity index (χ3v) is 4.71. The van der Waals surface area contributed by atoms with Crippen molar-refractivity contribution in [3.63, 3.8) is 0 Å². The lowest BCUT2D eigenvalue weighted by molar-refractivity contribution is 0.0426. The van der Waals surface area contributed by atoms with Crippen LogP contribution in [-0.2, 0) is 0 Å². The van der Waals surface area contributed by atoms with Gasteiger partial charge in [0.2, 0.25) is 0 Å². The molecule has 4 N–H and O–H groups in total. The van der Waals surface area contributed by atoms with Crippen molar-refractivity contribution in [1.29, 1.82) is 10.8 Å². The van der Waals surface area contributed by atoms with Crippen LogP contribution in [0.1, 0.15) is 34.9 Å². The Morgan fingerprint density at radius 1 is 1.32 bits per heavy atom. The summed E-state index contributed by atoms with van der Waals surface area (Å²) in [6.45, 7) is 0.0215. The fourth-order valence-corrected chi connectivity index (χ4v) is 3.04. The molecule has 2 aromatic rings. The van der Waals surface area contributed by atoms with E-state index in [2.05, 4.69) is 15.6 Å². The van der Waals surface area contributed by atoms with Gasteiger partial charge in [0.1, 0.15) is 5.04 Å². The molecule has 0 atom stereocenters. The van der Waals surface area contributed by atoms with Crippen molar-refractivity contribution >= 4 is 27.8 Å². The van der Waals surface area contributed by atoms with E-state index in [-0.39, 0.29) is 34.5 Å². The van der Waals surface area contributed by atoms with E-state index >= 15 is 0 Å². The highest BCUT2D eigenvalue weighted by Crippen LogP contribution is 2.31. The molecule has 1 saturated carbocycles. The molecule has 1 heterocycles. The van der Waals surface area contributed by atoms with Crippen LogP contribution in [0.15, 0.2) is 36.5 Å². The highest BCUT2D eigenvalue weighted by molar-refractivity contribution is 8.26. The highest BCUT2D eigenvalue weighted by Gasteiger charge is 2.30. The van der Waals surface area contributed by atoms with Crippen LogP contribution >= 0.6 is 11.8 Å². The van der Waals surface area contributed by atoms with Crippen LogP contribution in [0.5, 0.6) is 0 Å². The quantitative estimate of drug-likeness (QED) is 0.475. The number of aliphatic hydroxyl groups excluding tert-OH is 1. The molecule has 0 radical (unpaired) electrons. The van der Waals surface area contributed by atoms with Crippen molar-refractivity contribution in [1.82, 2.24) is 20.3 Å². The fraction of sp³-hybridized carbons (Fsp3) is 0.312. The number of benzene rings is 1. The third-order valence-electron chi connectivity index (χ3n) is 3.88. The molecule has 1 amide bonds. The van der Waals surface area contributed by atoms with Crippen LogP contribution in [0.3, 0.4) is 0 Å². The Morgan fingerprint density at radius 2 is 2.04 bits per heavy atom. The van der Waals surface area contributed by atoms with Crippen molar-refractivity contribution in [2.45, 2.75) is 25.0 Å². The molecular formula is C16H18N6O2S. The zero-order valence-electron chi connectivity index (χ0n) is 13.3. The van der Waals surface area contributed by atoms with Gasteiger partial charge in [0, 0.05) is 5.56 Å². The lowest BCUT2D eigenvalue weighted by Crippen LogP contribution is -2.31. The minimum Gasteiger partial charge on any atom is -0.393 e. The summed E-state index contributed by atoms with van der Waals surface area (Å²) in [7, 11) is 0. The normalized spacial score (nSPS) is 19.1. The zero-order chi connectivity index (χ0) is 17.8. The predicted molar refractivity (Wildman–Crippen MR) is 95.2 cm³/mol. The van der Waals surface area contributed by atoms with E-state index in [0.717, 1.165) is 17.3 Å². The van der Waals surface area contributed by atoms with Gasteiger partial charge in [-0.1, -0.05) is 47.3 Å². The van der Waals surface area contributed by atoms with Crippen molar-refractivity contribution in [2.24, 2.45) is 0 Å². The Labute approximate surface area is 148 Å². The molecule has 3 rings (SSSR count). The molecule has 1 aromatic carbocycles. The topological polar surface area (TPSA) is 128 Å². The summed E-state index contributed by atoms with van der Waals surface area (Å²) in [4.78, 5) is 12.1. The second-order valence-corrected chi connectivity index (χ2v) is 6.87. The van der Waals surface area contributed by atoms with Crippen molar-refractivity contribution in [3.05, 3.63) is 47.8 Å². The van der Waals surface area contributed by atoms with Crippen LogP contribution < -0.4 is 5.32 Å². The van der Waals surface area contributed by atoms with Crippen LogP contribution in [0.4, 0.5) is 0 Å². The molecule has 1 fully saturated rings. The molecule has 1 aliphatic rings. The van der Waals surface area contributed by atoms with Gasteiger partial charge in [0.15, 0.2) is 5.69 Å². The van der Waals surface area contributed by atoms with E-state index in [9.17, 15) is 9.90 Å². The van der Waals surface area contributed by atoms with Gasteiger partial charge in [-0.3, -0.25) is 15.6 Å². The molecule has 8 nitrogen and oxygen atoms in total. The first-order chi connectivity index (χ1) is 12.0. The van der Waals surface area contributed by atoms with Gasteiger partial charge in [-0.05, 0) is 12.8 Å². The summed E-state index contributed by atoms with van der Waals surface area (Å²) in [5.41, 5.74) is 0.909. The van der Waals surface area contributed by atoms with Gasteiger partial charge in [-0.25, -0.2) is 4.68 Å². The van der Waals surface area contributed by atoms with Gasteiger partial charge in [0.05, 0.1) is 29.9 Å². The van der Waals surface area contributed by atoms with Crippen LogP contribution in [0.25, 0.3) is 0 Å². The van der Waals surface area contributed by atoms with Crippen LogP contribution in [0, 0.1) is 10.8 Å². The Balaban J connectivity index is 1.47. The number of hydrogen-bond donors (Lipinski definition) is 4. The molecule has 9 heteroatoms. The summed E-state index contributed by atoms with van der Waals surface area (Å²) in [5, 5.41) is 35.9. The summed E-state index contributed by atoms with van der Waals surface area (Å²) < 4.78 is 1.59. The number of rotatable bonds is 5. The number of amides is 1. The van der Waals surface area contributed by atoms with Crippen LogP contribution in [-0.4, -0.2) is 48.7 Å². The monoisotopic (exact) mass is 358 g/mol. The van der Waals surface area contributed by atoms with Crippen molar-refractivity contribution in [2.75, 3.05) is 6.54 Å². The summed E-state index contributed by atoms with van der Waals surface area (Å²) >= 11 is 0.996. The minimum absolute atomic E-state index is 0.0215. The Kier molecular flexibility index (Phi) is 5.25. The van der Waals surface area contributed by atoms with E-state index in [1.807, 2.05) is 18.2 Å². The number of thioether (sulfide) groups is 1. The van der Waals surface area contributed by atoms with E-state index in [1.165, 1.54) is 0 Å². The average Bonchev–Trinajstić information content (AvgIpc) is 3.07. The third kappa shape index (κ3) is 4.31. The van der Waals surface area contributed by atoms with Crippen LogP contribution in [0.2, 0.25) is 0 Å². The largest absolute Gasteiger partial charge is 0.393 e. The Bertz CT molecular complexity index is 785. The summed E-state index contributed by atoms with van der Waals surface area (Å²) in [6, 6.07) is 9.22. The SMILES string of the molecule is N=C(CNC(=O)c1cn(C2CC(O)C2)nn1)SC(=N)c1ccccc1. The lowest BCUT2D eigenvalue weighted by atomic mass is 9.90. The van der Waals surface area contributed by atoms with Crippen molar-refractivity contribution < 1.29 is 9.90 Å². The van der Waals surface area contributed by atoms with Gasteiger partial charge in [-0.2, -0.15) is 0 Å². The zero-order valence-corrected chi connectivity index (χ0v) is 14.2. The first-order valence-corrected chi connectivity index (χ1v) is 8.62. The molecule has 1 aromatic heterocycles. The maximum Gasteiger partial charge on any atom is 0.273 e. The van der Waals surface area contributed by atoms with E-state index < -0.39 is 5.91 Å². The number of nitrogens with zero attached hydrogens (tertiary/aromatic N) is 3. The number of nitrogens with one attached hydrogen (secondary N) is 3. The summed E-state index contributed by atoms with van der Waals surface area (Å²) in [5.74, 6) is -0.414. The van der Waals surface area contributed by atoms with E-state index in [1.54, 1.807) is 23.0 Å². The smallest absolute Gasteiger partial charge is 0.273 e. The maximum atomic E-state index is 12.1. The molecular weight excluding hydrogens is 340 g/mol. The first-order valence-electron chi connectivity index (χ1n) is 7.80. The van der Waals surface area contributed by atoms with E-state index in [4.69, 9.17) is 10.8 Å². The molecule has 0 bridgehead atoms. The second kappa shape index (κ2) is 7.58. The number of carbonyl (C=O) groups is 1. The number of aromatic nitrogens is 3. The van der Waals surface area contributed by atoms with Gasteiger partial charge in [0.25, 0.3) is 5.91 Å². The molecule has 0 unspecified atom stereocenters. The Morgan fingerprint density at radius 3 is 2.72 bits per heavy atom. The molecule has 0 spiro atoms. The summed E-state index contributed by atoms with van der Waals surface area (Å²) in [6.07, 6.45) is 2.49. The average molecular weight is 358 g/mol. The first kappa shape index (κ1) is 17.3. The Hall–Kier alpha value is -2.52. The van der Waals surface area contributed by atoms with Gasteiger partial charge >= 0.3 is 0 Å². The maximum absolute atomic E-state index is 12.1. The number of carbonyl (C=O) groups excluding carboxylic acids is 1. The molecule has 0 aliphatic heterocycles. The predicted octanol–water partition coefficient (Wildman–Crippen LogP) is 1.44.